The molecule has 128 valence electrons. The topological polar surface area (TPSA) is 42.6 Å². The maximum atomic E-state index is 12.6. The lowest BCUT2D eigenvalue weighted by Crippen LogP contribution is -2.49. The van der Waals surface area contributed by atoms with Gasteiger partial charge in [-0.25, -0.2) is 0 Å². The molecule has 2 fully saturated rings. The van der Waals surface area contributed by atoms with Gasteiger partial charge in [0.1, 0.15) is 5.69 Å². The first-order valence-corrected chi connectivity index (χ1v) is 8.92. The molecule has 0 spiro atoms. The van der Waals surface area contributed by atoms with Gasteiger partial charge in [0.15, 0.2) is 0 Å². The van der Waals surface area contributed by atoms with Gasteiger partial charge in [-0.1, -0.05) is 18.2 Å². The number of para-hydroxylation sites is 1. The van der Waals surface area contributed by atoms with Crippen LogP contribution in [-0.2, 0) is 0 Å². The van der Waals surface area contributed by atoms with Crippen molar-refractivity contribution in [3.05, 3.63) is 40.2 Å². The van der Waals surface area contributed by atoms with Gasteiger partial charge in [0.25, 0.3) is 5.56 Å². The van der Waals surface area contributed by atoms with Gasteiger partial charge in [0, 0.05) is 50.7 Å². The number of aryl methyl sites for hydroxylation is 1. The second-order valence-electron chi connectivity index (χ2n) is 7.25. The standard InChI is InChI=1S/C19H26N4O/c1-14-4-3-5-15-12-17(19(24)20-18(14)15)23-7-6-16(13-23)22-10-8-21(2)9-11-22/h3-5,12,16H,6-11,13H2,1-2H3,(H,20,24). The number of aromatic nitrogens is 1. The Morgan fingerprint density at radius 1 is 1.12 bits per heavy atom. The molecule has 5 heteroatoms. The maximum absolute atomic E-state index is 12.6. The highest BCUT2D eigenvalue weighted by Crippen LogP contribution is 2.24. The molecule has 1 aromatic heterocycles. The number of hydrogen-bond donors (Lipinski definition) is 1. The fraction of sp³-hybridized carbons (Fsp3) is 0.526. The largest absolute Gasteiger partial charge is 0.365 e. The molecule has 3 heterocycles. The van der Waals surface area contributed by atoms with E-state index < -0.39 is 0 Å². The third kappa shape index (κ3) is 2.82. The first-order valence-electron chi connectivity index (χ1n) is 8.92. The summed E-state index contributed by atoms with van der Waals surface area (Å²) in [6.45, 7) is 8.54. The number of nitrogens with zero attached hydrogens (tertiary/aromatic N) is 3. The lowest BCUT2D eigenvalue weighted by molar-refractivity contribution is 0.120. The highest BCUT2D eigenvalue weighted by molar-refractivity contribution is 5.84. The summed E-state index contributed by atoms with van der Waals surface area (Å²) < 4.78 is 0. The Morgan fingerprint density at radius 2 is 1.92 bits per heavy atom. The van der Waals surface area contributed by atoms with E-state index in [4.69, 9.17) is 0 Å². The van der Waals surface area contributed by atoms with Crippen molar-refractivity contribution in [1.29, 1.82) is 0 Å². The number of rotatable bonds is 2. The van der Waals surface area contributed by atoms with Gasteiger partial charge in [0.2, 0.25) is 0 Å². The summed E-state index contributed by atoms with van der Waals surface area (Å²) in [7, 11) is 2.19. The molecule has 5 nitrogen and oxygen atoms in total. The van der Waals surface area contributed by atoms with Gasteiger partial charge in [-0.15, -0.1) is 0 Å². The Bertz CT molecular complexity index is 792. The van der Waals surface area contributed by atoms with E-state index in [9.17, 15) is 4.79 Å². The van der Waals surface area contributed by atoms with Crippen LogP contribution in [0.3, 0.4) is 0 Å². The molecule has 0 saturated carbocycles. The monoisotopic (exact) mass is 326 g/mol. The summed E-state index contributed by atoms with van der Waals surface area (Å²) in [6.07, 6.45) is 1.15. The zero-order valence-corrected chi connectivity index (χ0v) is 14.6. The van der Waals surface area contributed by atoms with Crippen LogP contribution in [0.1, 0.15) is 12.0 Å². The van der Waals surface area contributed by atoms with Crippen molar-refractivity contribution in [3.8, 4) is 0 Å². The summed E-state index contributed by atoms with van der Waals surface area (Å²) in [5, 5.41) is 1.12. The second kappa shape index (κ2) is 6.22. The molecule has 1 aromatic carbocycles. The van der Waals surface area contributed by atoms with Crippen molar-refractivity contribution in [2.24, 2.45) is 0 Å². The average Bonchev–Trinajstić information content (AvgIpc) is 3.06. The van der Waals surface area contributed by atoms with Crippen molar-refractivity contribution in [3.63, 3.8) is 0 Å². The van der Waals surface area contributed by atoms with Crippen LogP contribution in [0.5, 0.6) is 0 Å². The number of nitrogens with one attached hydrogen (secondary N) is 1. The normalized spacial score (nSPS) is 23.2. The SMILES string of the molecule is Cc1cccc2cc(N3CCC(N4CCN(C)CC4)C3)c(=O)[nH]c12. The van der Waals surface area contributed by atoms with E-state index in [-0.39, 0.29) is 5.56 Å². The van der Waals surface area contributed by atoms with E-state index >= 15 is 0 Å². The van der Waals surface area contributed by atoms with Crippen LogP contribution < -0.4 is 10.5 Å². The van der Waals surface area contributed by atoms with E-state index in [1.807, 2.05) is 13.0 Å². The molecule has 1 N–H and O–H groups in total. The summed E-state index contributed by atoms with van der Waals surface area (Å²) in [4.78, 5) is 22.9. The Kier molecular flexibility index (Phi) is 4.06. The third-order valence-corrected chi connectivity index (χ3v) is 5.63. The minimum absolute atomic E-state index is 0.0378. The van der Waals surface area contributed by atoms with E-state index in [1.54, 1.807) is 0 Å². The Balaban J connectivity index is 1.56. The summed E-state index contributed by atoms with van der Waals surface area (Å²) in [5.74, 6) is 0. The highest BCUT2D eigenvalue weighted by atomic mass is 16.1. The number of hydrogen-bond acceptors (Lipinski definition) is 4. The summed E-state index contributed by atoms with van der Waals surface area (Å²) >= 11 is 0. The first kappa shape index (κ1) is 15.7. The van der Waals surface area contributed by atoms with E-state index in [0.717, 1.165) is 67.8 Å². The lowest BCUT2D eigenvalue weighted by Gasteiger charge is -2.36. The van der Waals surface area contributed by atoms with E-state index in [1.165, 1.54) is 0 Å². The molecule has 1 atom stereocenters. The Morgan fingerprint density at radius 3 is 2.71 bits per heavy atom. The Labute approximate surface area is 142 Å². The minimum Gasteiger partial charge on any atom is -0.365 e. The molecule has 2 aromatic rings. The quantitative estimate of drug-likeness (QED) is 0.911. The van der Waals surface area contributed by atoms with Gasteiger partial charge < -0.3 is 14.8 Å². The average molecular weight is 326 g/mol. The molecule has 0 aliphatic carbocycles. The van der Waals surface area contributed by atoms with Crippen LogP contribution in [0.2, 0.25) is 0 Å². The number of fused-ring (bicyclic) bond motifs is 1. The van der Waals surface area contributed by atoms with Crippen LogP contribution in [0.4, 0.5) is 5.69 Å². The van der Waals surface area contributed by atoms with Gasteiger partial charge in [0.05, 0.1) is 5.52 Å². The van der Waals surface area contributed by atoms with Gasteiger partial charge in [-0.05, 0) is 32.0 Å². The van der Waals surface area contributed by atoms with Crippen LogP contribution in [-0.4, -0.2) is 67.1 Å². The fourth-order valence-corrected chi connectivity index (χ4v) is 4.05. The van der Waals surface area contributed by atoms with Crippen molar-refractivity contribution in [2.75, 3.05) is 51.2 Å². The Hall–Kier alpha value is -1.85. The molecule has 0 radical (unpaired) electrons. The summed E-state index contributed by atoms with van der Waals surface area (Å²) in [5.41, 5.74) is 2.94. The predicted molar refractivity (Wildman–Crippen MR) is 99.0 cm³/mol. The minimum atomic E-state index is 0.0378. The van der Waals surface area contributed by atoms with Gasteiger partial charge in [-0.3, -0.25) is 9.69 Å². The fourth-order valence-electron chi connectivity index (χ4n) is 4.05. The van der Waals surface area contributed by atoms with Crippen LogP contribution in [0.15, 0.2) is 29.1 Å². The number of pyridine rings is 1. The second-order valence-corrected chi connectivity index (χ2v) is 7.25. The molecular weight excluding hydrogens is 300 g/mol. The molecule has 1 unspecified atom stereocenters. The number of anilines is 1. The molecule has 0 bridgehead atoms. The van der Waals surface area contributed by atoms with Gasteiger partial charge in [-0.2, -0.15) is 0 Å². The number of aromatic amines is 1. The smallest absolute Gasteiger partial charge is 0.271 e. The third-order valence-electron chi connectivity index (χ3n) is 5.63. The number of likely N-dealkylation sites (N-methyl/N-ethyl adjacent to an activating group) is 1. The first-order chi connectivity index (χ1) is 11.6. The molecule has 4 rings (SSSR count). The summed E-state index contributed by atoms with van der Waals surface area (Å²) in [6, 6.07) is 8.81. The number of benzene rings is 1. The number of piperazine rings is 1. The van der Waals surface area contributed by atoms with E-state index in [0.29, 0.717) is 6.04 Å². The molecule has 2 aliphatic rings. The molecule has 2 saturated heterocycles. The van der Waals surface area contributed by atoms with Crippen molar-refractivity contribution >= 4 is 16.6 Å². The number of H-pyrrole nitrogens is 1. The molecule has 2 aliphatic heterocycles. The zero-order chi connectivity index (χ0) is 16.7. The van der Waals surface area contributed by atoms with Crippen molar-refractivity contribution in [1.82, 2.24) is 14.8 Å². The van der Waals surface area contributed by atoms with Gasteiger partial charge >= 0.3 is 0 Å². The predicted octanol–water partition coefficient (Wildman–Crippen LogP) is 1.66. The molecule has 0 amide bonds. The highest BCUT2D eigenvalue weighted by Gasteiger charge is 2.30. The van der Waals surface area contributed by atoms with Crippen LogP contribution in [0, 0.1) is 6.92 Å². The van der Waals surface area contributed by atoms with Crippen molar-refractivity contribution < 1.29 is 0 Å². The zero-order valence-electron chi connectivity index (χ0n) is 14.6. The molecular formula is C19H26N4O. The lowest BCUT2D eigenvalue weighted by atomic mass is 10.1. The van der Waals surface area contributed by atoms with Crippen LogP contribution >= 0.6 is 0 Å². The van der Waals surface area contributed by atoms with E-state index in [2.05, 4.69) is 44.9 Å². The van der Waals surface area contributed by atoms with Crippen molar-refractivity contribution in [2.45, 2.75) is 19.4 Å². The molecule has 24 heavy (non-hydrogen) atoms. The van der Waals surface area contributed by atoms with Crippen LogP contribution in [0.25, 0.3) is 10.9 Å². The maximum Gasteiger partial charge on any atom is 0.271 e.